The van der Waals surface area contributed by atoms with Crippen LogP contribution in [0.4, 0.5) is 4.79 Å². The quantitative estimate of drug-likeness (QED) is 0.923. The summed E-state index contributed by atoms with van der Waals surface area (Å²) in [4.78, 5) is 14.2. The van der Waals surface area contributed by atoms with Gasteiger partial charge in [0.25, 0.3) is 0 Å². The highest BCUT2D eigenvalue weighted by Gasteiger charge is 2.22. The number of ether oxygens (including phenoxy) is 2. The van der Waals surface area contributed by atoms with Gasteiger partial charge in [0.15, 0.2) is 11.5 Å². The zero-order valence-electron chi connectivity index (χ0n) is 13.5. The molecule has 2 aliphatic heterocycles. The van der Waals surface area contributed by atoms with E-state index in [9.17, 15) is 4.79 Å². The third-order valence-electron chi connectivity index (χ3n) is 4.38. The summed E-state index contributed by atoms with van der Waals surface area (Å²) in [7, 11) is 0. The van der Waals surface area contributed by atoms with E-state index in [-0.39, 0.29) is 6.03 Å². The predicted molar refractivity (Wildman–Crippen MR) is 90.0 cm³/mol. The van der Waals surface area contributed by atoms with Crippen LogP contribution < -0.4 is 14.8 Å². The molecule has 0 radical (unpaired) electrons. The fraction of sp³-hybridized carbons (Fsp3) is 0.316. The Kier molecular flexibility index (Phi) is 3.99. The molecule has 0 saturated heterocycles. The molecular formula is C19H20N2O3. The number of fused-ring (bicyclic) bond motifs is 2. The summed E-state index contributed by atoms with van der Waals surface area (Å²) >= 11 is 0. The minimum atomic E-state index is -0.0432. The van der Waals surface area contributed by atoms with Crippen molar-refractivity contribution >= 4 is 6.03 Å². The Labute approximate surface area is 141 Å². The van der Waals surface area contributed by atoms with E-state index >= 15 is 0 Å². The van der Waals surface area contributed by atoms with Crippen molar-refractivity contribution in [1.29, 1.82) is 0 Å². The standard InChI is InChI=1S/C19H20N2O3/c22-19(21-12-15-4-1-2-5-16(15)13-21)20-11-14-6-7-17-18(10-14)24-9-3-8-23-17/h1-2,4-7,10H,3,8-9,11-13H2,(H,20,22). The maximum Gasteiger partial charge on any atom is 0.318 e. The van der Waals surface area contributed by atoms with Crippen molar-refractivity contribution < 1.29 is 14.3 Å². The van der Waals surface area contributed by atoms with Gasteiger partial charge in [0, 0.05) is 26.1 Å². The Hall–Kier alpha value is -2.69. The average molecular weight is 324 g/mol. The number of amides is 2. The summed E-state index contributed by atoms with van der Waals surface area (Å²) < 4.78 is 11.3. The van der Waals surface area contributed by atoms with Crippen LogP contribution in [0.3, 0.4) is 0 Å². The zero-order valence-corrected chi connectivity index (χ0v) is 13.5. The van der Waals surface area contributed by atoms with E-state index in [0.717, 1.165) is 23.5 Å². The lowest BCUT2D eigenvalue weighted by Crippen LogP contribution is -2.35. The third kappa shape index (κ3) is 3.02. The molecule has 2 aliphatic rings. The first-order chi connectivity index (χ1) is 11.8. The van der Waals surface area contributed by atoms with Gasteiger partial charge in [-0.15, -0.1) is 0 Å². The number of urea groups is 1. The summed E-state index contributed by atoms with van der Waals surface area (Å²) in [5, 5.41) is 2.99. The molecule has 5 heteroatoms. The molecule has 0 spiro atoms. The number of carbonyl (C=O) groups is 1. The highest BCUT2D eigenvalue weighted by Crippen LogP contribution is 2.30. The number of benzene rings is 2. The van der Waals surface area contributed by atoms with Crippen LogP contribution in [-0.2, 0) is 19.6 Å². The van der Waals surface area contributed by atoms with Gasteiger partial charge in [-0.25, -0.2) is 4.79 Å². The van der Waals surface area contributed by atoms with Crippen molar-refractivity contribution in [1.82, 2.24) is 10.2 Å². The van der Waals surface area contributed by atoms with Gasteiger partial charge in [-0.3, -0.25) is 0 Å². The van der Waals surface area contributed by atoms with Gasteiger partial charge in [0.2, 0.25) is 0 Å². The summed E-state index contributed by atoms with van der Waals surface area (Å²) in [5.74, 6) is 1.53. The Morgan fingerprint density at radius 1 is 1.00 bits per heavy atom. The minimum Gasteiger partial charge on any atom is -0.490 e. The van der Waals surface area contributed by atoms with Crippen LogP contribution in [0.15, 0.2) is 42.5 Å². The molecule has 0 aliphatic carbocycles. The molecule has 5 nitrogen and oxygen atoms in total. The zero-order chi connectivity index (χ0) is 16.4. The highest BCUT2D eigenvalue weighted by atomic mass is 16.5. The van der Waals surface area contributed by atoms with E-state index in [4.69, 9.17) is 9.47 Å². The van der Waals surface area contributed by atoms with E-state index in [0.29, 0.717) is 32.8 Å². The topological polar surface area (TPSA) is 50.8 Å². The normalized spacial score (nSPS) is 15.6. The van der Waals surface area contributed by atoms with Gasteiger partial charge in [0.05, 0.1) is 13.2 Å². The van der Waals surface area contributed by atoms with Gasteiger partial charge >= 0.3 is 6.03 Å². The third-order valence-corrected chi connectivity index (χ3v) is 4.38. The molecule has 2 amide bonds. The second-order valence-corrected chi connectivity index (χ2v) is 6.12. The van der Waals surface area contributed by atoms with Crippen molar-refractivity contribution in [2.24, 2.45) is 0 Å². The first-order valence-electron chi connectivity index (χ1n) is 8.28. The second-order valence-electron chi connectivity index (χ2n) is 6.12. The number of rotatable bonds is 2. The van der Waals surface area contributed by atoms with E-state index in [2.05, 4.69) is 17.4 Å². The second kappa shape index (κ2) is 6.43. The molecule has 4 rings (SSSR count). The Balaban J connectivity index is 1.37. The van der Waals surface area contributed by atoms with E-state index in [1.807, 2.05) is 35.2 Å². The van der Waals surface area contributed by atoms with Crippen LogP contribution >= 0.6 is 0 Å². The Bertz CT molecular complexity index is 735. The van der Waals surface area contributed by atoms with E-state index in [1.165, 1.54) is 11.1 Å². The average Bonchev–Trinajstić information content (AvgIpc) is 2.91. The van der Waals surface area contributed by atoms with Crippen LogP contribution in [0.1, 0.15) is 23.1 Å². The first-order valence-corrected chi connectivity index (χ1v) is 8.28. The number of hydrogen-bond acceptors (Lipinski definition) is 3. The van der Waals surface area contributed by atoms with Crippen LogP contribution in [0, 0.1) is 0 Å². The van der Waals surface area contributed by atoms with E-state index in [1.54, 1.807) is 0 Å². The Morgan fingerprint density at radius 2 is 1.71 bits per heavy atom. The smallest absolute Gasteiger partial charge is 0.318 e. The lowest BCUT2D eigenvalue weighted by atomic mass is 10.1. The number of nitrogens with zero attached hydrogens (tertiary/aromatic N) is 1. The minimum absolute atomic E-state index is 0.0432. The summed E-state index contributed by atoms with van der Waals surface area (Å²) in [6.07, 6.45) is 0.885. The van der Waals surface area contributed by atoms with Crippen molar-refractivity contribution in [2.45, 2.75) is 26.1 Å². The molecule has 0 aromatic heterocycles. The fourth-order valence-electron chi connectivity index (χ4n) is 3.08. The maximum absolute atomic E-state index is 12.4. The number of carbonyl (C=O) groups excluding carboxylic acids is 1. The van der Waals surface area contributed by atoms with Crippen molar-refractivity contribution in [3.05, 3.63) is 59.2 Å². The first kappa shape index (κ1) is 14.9. The molecule has 2 aromatic rings. The van der Waals surface area contributed by atoms with Crippen molar-refractivity contribution in [2.75, 3.05) is 13.2 Å². The molecule has 2 heterocycles. The molecule has 0 unspecified atom stereocenters. The van der Waals surface area contributed by atoms with Crippen molar-refractivity contribution in [3.63, 3.8) is 0 Å². The monoisotopic (exact) mass is 324 g/mol. The Morgan fingerprint density at radius 3 is 2.46 bits per heavy atom. The summed E-state index contributed by atoms with van der Waals surface area (Å²) in [6.45, 7) is 3.15. The van der Waals surface area contributed by atoms with Gasteiger partial charge in [-0.2, -0.15) is 0 Å². The molecule has 0 bridgehead atoms. The number of nitrogens with one attached hydrogen (secondary N) is 1. The number of hydrogen-bond donors (Lipinski definition) is 1. The fourth-order valence-corrected chi connectivity index (χ4v) is 3.08. The predicted octanol–water partition coefficient (Wildman–Crippen LogP) is 3.07. The van der Waals surface area contributed by atoms with Gasteiger partial charge in [-0.1, -0.05) is 30.3 Å². The van der Waals surface area contributed by atoms with Crippen LogP contribution in [0.2, 0.25) is 0 Å². The molecule has 24 heavy (non-hydrogen) atoms. The van der Waals surface area contributed by atoms with Gasteiger partial charge in [-0.05, 0) is 28.8 Å². The maximum atomic E-state index is 12.4. The lowest BCUT2D eigenvalue weighted by molar-refractivity contribution is 0.198. The van der Waals surface area contributed by atoms with E-state index < -0.39 is 0 Å². The van der Waals surface area contributed by atoms with Crippen LogP contribution in [0.5, 0.6) is 11.5 Å². The van der Waals surface area contributed by atoms with Crippen molar-refractivity contribution in [3.8, 4) is 11.5 Å². The van der Waals surface area contributed by atoms with Crippen LogP contribution in [0.25, 0.3) is 0 Å². The summed E-state index contributed by atoms with van der Waals surface area (Å²) in [6, 6.07) is 14.0. The molecule has 124 valence electrons. The van der Waals surface area contributed by atoms with Gasteiger partial charge in [0.1, 0.15) is 0 Å². The molecule has 2 aromatic carbocycles. The largest absolute Gasteiger partial charge is 0.490 e. The molecule has 0 atom stereocenters. The SMILES string of the molecule is O=C(NCc1ccc2c(c1)OCCCO2)N1Cc2ccccc2C1. The molecule has 0 saturated carbocycles. The molecule has 0 fully saturated rings. The molecule has 1 N–H and O–H groups in total. The van der Waals surface area contributed by atoms with Crippen LogP contribution in [-0.4, -0.2) is 24.1 Å². The summed E-state index contributed by atoms with van der Waals surface area (Å²) in [5.41, 5.74) is 3.45. The lowest BCUT2D eigenvalue weighted by Gasteiger charge is -2.17. The highest BCUT2D eigenvalue weighted by molar-refractivity contribution is 5.75. The van der Waals surface area contributed by atoms with Gasteiger partial charge < -0.3 is 19.7 Å². The molecular weight excluding hydrogens is 304 g/mol.